The van der Waals surface area contributed by atoms with Gasteiger partial charge in [0.2, 0.25) is 0 Å². The van der Waals surface area contributed by atoms with E-state index in [-0.39, 0.29) is 5.41 Å². The maximum Gasteiger partial charge on any atom is 0.0948 e. The van der Waals surface area contributed by atoms with Crippen molar-refractivity contribution < 1.29 is 0 Å². The smallest absolute Gasteiger partial charge is 0.0948 e. The van der Waals surface area contributed by atoms with Crippen molar-refractivity contribution in [2.45, 2.75) is 32.7 Å². The molecule has 0 spiro atoms. The van der Waals surface area contributed by atoms with Gasteiger partial charge in [0.15, 0.2) is 0 Å². The van der Waals surface area contributed by atoms with Gasteiger partial charge in [-0.25, -0.2) is 4.98 Å². The Balaban J connectivity index is 1.74. The van der Waals surface area contributed by atoms with Gasteiger partial charge in [-0.3, -0.25) is 4.98 Å². The molecule has 2 heterocycles. The van der Waals surface area contributed by atoms with E-state index in [0.29, 0.717) is 5.02 Å². The number of halogens is 1. The number of hydrogen-bond donors (Lipinski definition) is 1. The highest BCUT2D eigenvalue weighted by Gasteiger charge is 2.18. The second-order valence-electron chi connectivity index (χ2n) is 6.67. The number of anilines is 1. The Bertz CT molecular complexity index is 817. The lowest BCUT2D eigenvalue weighted by molar-refractivity contribution is 0.522. The van der Waals surface area contributed by atoms with Crippen LogP contribution in [0.2, 0.25) is 5.02 Å². The molecule has 0 aliphatic rings. The van der Waals surface area contributed by atoms with Gasteiger partial charge in [0.05, 0.1) is 11.8 Å². The Labute approximate surface area is 141 Å². The van der Waals surface area contributed by atoms with E-state index in [1.807, 2.05) is 36.8 Å². The summed E-state index contributed by atoms with van der Waals surface area (Å²) in [5.41, 5.74) is 3.31. The monoisotopic (exact) mass is 328 g/mol. The number of nitrogens with one attached hydrogen (secondary N) is 1. The van der Waals surface area contributed by atoms with Gasteiger partial charge in [-0.05, 0) is 24.3 Å². The van der Waals surface area contributed by atoms with Crippen molar-refractivity contribution in [3.05, 3.63) is 53.7 Å². The number of hydrogen-bond acceptors (Lipinski definition) is 3. The number of rotatable bonds is 4. The lowest BCUT2D eigenvalue weighted by Gasteiger charge is -2.21. The maximum absolute atomic E-state index is 6.03. The fraction of sp³-hybridized carbons (Fsp3) is 0.333. The number of pyridine rings is 1. The summed E-state index contributed by atoms with van der Waals surface area (Å²) in [5.74, 6) is 0. The number of imidazole rings is 1. The van der Waals surface area contributed by atoms with Gasteiger partial charge in [-0.1, -0.05) is 32.4 Å². The van der Waals surface area contributed by atoms with Gasteiger partial charge in [-0.15, -0.1) is 0 Å². The minimum Gasteiger partial charge on any atom is -0.383 e. The van der Waals surface area contributed by atoms with Crippen molar-refractivity contribution in [3.63, 3.8) is 0 Å². The zero-order valence-electron chi connectivity index (χ0n) is 13.7. The largest absolute Gasteiger partial charge is 0.383 e. The molecular formula is C18H21ClN4. The topological polar surface area (TPSA) is 42.7 Å². The molecular weight excluding hydrogens is 308 g/mol. The summed E-state index contributed by atoms with van der Waals surface area (Å²) in [6.45, 7) is 8.29. The van der Waals surface area contributed by atoms with Crippen LogP contribution in [-0.4, -0.2) is 21.1 Å². The third kappa shape index (κ3) is 3.48. The minimum absolute atomic E-state index is 0.0939. The average Bonchev–Trinajstić information content (AvgIpc) is 2.95. The molecule has 0 saturated heterocycles. The van der Waals surface area contributed by atoms with Gasteiger partial charge >= 0.3 is 0 Å². The highest BCUT2D eigenvalue weighted by molar-refractivity contribution is 6.31. The molecule has 0 unspecified atom stereocenters. The van der Waals surface area contributed by atoms with E-state index in [9.17, 15) is 0 Å². The highest BCUT2D eigenvalue weighted by atomic mass is 35.5. The first-order chi connectivity index (χ1) is 10.9. The summed E-state index contributed by atoms with van der Waals surface area (Å²) in [6, 6.07) is 7.78. The SMILES string of the molecule is CC(C)(C)c1cncn1CCNc1ccnc2cc(Cl)ccc12. The second kappa shape index (κ2) is 6.20. The fourth-order valence-corrected chi connectivity index (χ4v) is 2.88. The van der Waals surface area contributed by atoms with E-state index in [2.05, 4.69) is 40.6 Å². The van der Waals surface area contributed by atoms with Gasteiger partial charge in [-0.2, -0.15) is 0 Å². The number of aromatic nitrogens is 3. The maximum atomic E-state index is 6.03. The van der Waals surface area contributed by atoms with Gasteiger partial charge < -0.3 is 9.88 Å². The van der Waals surface area contributed by atoms with Crippen molar-refractivity contribution in [1.29, 1.82) is 0 Å². The zero-order chi connectivity index (χ0) is 16.4. The van der Waals surface area contributed by atoms with Crippen LogP contribution in [-0.2, 0) is 12.0 Å². The number of fused-ring (bicyclic) bond motifs is 1. The van der Waals surface area contributed by atoms with E-state index >= 15 is 0 Å². The summed E-state index contributed by atoms with van der Waals surface area (Å²) >= 11 is 6.03. The molecule has 0 saturated carbocycles. The van der Waals surface area contributed by atoms with Crippen LogP contribution in [0.4, 0.5) is 5.69 Å². The Morgan fingerprint density at radius 1 is 1.22 bits per heavy atom. The number of nitrogens with zero attached hydrogens (tertiary/aromatic N) is 3. The standard InChI is InChI=1S/C18H21ClN4/c1-18(2,3)17-11-20-12-23(17)9-8-22-15-6-7-21-16-10-13(19)4-5-14(15)16/h4-7,10-12H,8-9H2,1-3H3,(H,21,22). The summed E-state index contributed by atoms with van der Waals surface area (Å²) in [5, 5.41) is 5.28. The van der Waals surface area contributed by atoms with E-state index in [4.69, 9.17) is 11.6 Å². The molecule has 0 fully saturated rings. The van der Waals surface area contributed by atoms with Gasteiger partial charge in [0, 0.05) is 52.7 Å². The lowest BCUT2D eigenvalue weighted by atomic mass is 9.92. The van der Waals surface area contributed by atoms with Crippen LogP contribution in [0.15, 0.2) is 43.0 Å². The Kier molecular flexibility index (Phi) is 4.26. The molecule has 0 atom stereocenters. The van der Waals surface area contributed by atoms with Gasteiger partial charge in [0.1, 0.15) is 0 Å². The quantitative estimate of drug-likeness (QED) is 0.767. The van der Waals surface area contributed by atoms with Gasteiger partial charge in [0.25, 0.3) is 0 Å². The molecule has 5 heteroatoms. The van der Waals surface area contributed by atoms with Crippen molar-refractivity contribution in [1.82, 2.24) is 14.5 Å². The van der Waals surface area contributed by atoms with Crippen LogP contribution < -0.4 is 5.32 Å². The highest BCUT2D eigenvalue weighted by Crippen LogP contribution is 2.25. The Morgan fingerprint density at radius 3 is 2.83 bits per heavy atom. The summed E-state index contributed by atoms with van der Waals surface area (Å²) in [4.78, 5) is 8.65. The molecule has 120 valence electrons. The molecule has 1 aromatic carbocycles. The lowest BCUT2D eigenvalue weighted by Crippen LogP contribution is -2.20. The average molecular weight is 329 g/mol. The molecule has 0 amide bonds. The van der Waals surface area contributed by atoms with Crippen molar-refractivity contribution in [3.8, 4) is 0 Å². The molecule has 3 aromatic rings. The fourth-order valence-electron chi connectivity index (χ4n) is 2.71. The Morgan fingerprint density at radius 2 is 2.04 bits per heavy atom. The van der Waals surface area contributed by atoms with Crippen LogP contribution in [0, 0.1) is 0 Å². The zero-order valence-corrected chi connectivity index (χ0v) is 14.4. The van der Waals surface area contributed by atoms with Crippen LogP contribution in [0.25, 0.3) is 10.9 Å². The predicted molar refractivity (Wildman–Crippen MR) is 96.2 cm³/mol. The first-order valence-corrected chi connectivity index (χ1v) is 8.12. The third-order valence-corrected chi connectivity index (χ3v) is 4.09. The van der Waals surface area contributed by atoms with Crippen molar-refractivity contribution >= 4 is 28.2 Å². The van der Waals surface area contributed by atoms with E-state index in [1.165, 1.54) is 5.69 Å². The molecule has 4 nitrogen and oxygen atoms in total. The molecule has 3 rings (SSSR count). The van der Waals surface area contributed by atoms with E-state index in [0.717, 1.165) is 29.7 Å². The number of benzene rings is 1. The van der Waals surface area contributed by atoms with Crippen molar-refractivity contribution in [2.24, 2.45) is 0 Å². The molecule has 0 bridgehead atoms. The molecule has 0 aliphatic heterocycles. The first-order valence-electron chi connectivity index (χ1n) is 7.74. The summed E-state index contributed by atoms with van der Waals surface area (Å²) in [6.07, 6.45) is 5.65. The molecule has 23 heavy (non-hydrogen) atoms. The van der Waals surface area contributed by atoms with Crippen LogP contribution in [0.3, 0.4) is 0 Å². The van der Waals surface area contributed by atoms with E-state index < -0.39 is 0 Å². The first kappa shape index (κ1) is 15.8. The third-order valence-electron chi connectivity index (χ3n) is 3.85. The predicted octanol–water partition coefficient (Wildman–Crippen LogP) is 4.49. The summed E-state index contributed by atoms with van der Waals surface area (Å²) in [7, 11) is 0. The summed E-state index contributed by atoms with van der Waals surface area (Å²) < 4.78 is 2.20. The van der Waals surface area contributed by atoms with Crippen molar-refractivity contribution in [2.75, 3.05) is 11.9 Å². The van der Waals surface area contributed by atoms with Crippen LogP contribution >= 0.6 is 11.6 Å². The molecule has 2 aromatic heterocycles. The normalized spacial score (nSPS) is 11.8. The van der Waals surface area contributed by atoms with Crippen LogP contribution in [0.5, 0.6) is 0 Å². The minimum atomic E-state index is 0.0939. The molecule has 1 N–H and O–H groups in total. The van der Waals surface area contributed by atoms with E-state index in [1.54, 1.807) is 6.20 Å². The van der Waals surface area contributed by atoms with Crippen LogP contribution in [0.1, 0.15) is 26.5 Å². The second-order valence-corrected chi connectivity index (χ2v) is 7.11. The molecule has 0 aliphatic carbocycles. The Hall–Kier alpha value is -2.07. The molecule has 0 radical (unpaired) electrons.